The summed E-state index contributed by atoms with van der Waals surface area (Å²) < 4.78 is 0. The zero-order valence-electron chi connectivity index (χ0n) is 15.7. The minimum Gasteiger partial charge on any atom is -0.351 e. The largest absolute Gasteiger partial charge is 0.351 e. The van der Waals surface area contributed by atoms with Gasteiger partial charge in [0.15, 0.2) is 0 Å². The van der Waals surface area contributed by atoms with E-state index in [0.29, 0.717) is 0 Å². The molecule has 2 N–H and O–H groups in total. The fourth-order valence-corrected chi connectivity index (χ4v) is 3.02. The summed E-state index contributed by atoms with van der Waals surface area (Å²) in [5, 5.41) is 5.99. The van der Waals surface area contributed by atoms with Gasteiger partial charge in [-0.2, -0.15) is 0 Å². The molecular formula is C19H30N4O2. The van der Waals surface area contributed by atoms with Crippen molar-refractivity contribution in [2.75, 3.05) is 0 Å². The van der Waals surface area contributed by atoms with Crippen molar-refractivity contribution < 1.29 is 9.59 Å². The summed E-state index contributed by atoms with van der Waals surface area (Å²) in [6, 6.07) is -0.515. The maximum Gasteiger partial charge on any atom is 0.272 e. The van der Waals surface area contributed by atoms with Crippen LogP contribution in [0.15, 0.2) is 18.6 Å². The molecule has 1 aliphatic rings. The normalized spacial score (nSPS) is 18.2. The molecule has 1 saturated carbocycles. The predicted octanol–water partition coefficient (Wildman–Crippen LogP) is 2.71. The fraction of sp³-hybridized carbons (Fsp3) is 0.684. The number of nitrogens with zero attached hydrogens (tertiary/aromatic N) is 2. The molecule has 0 aromatic carbocycles. The van der Waals surface area contributed by atoms with Gasteiger partial charge in [0.05, 0.1) is 6.20 Å². The lowest BCUT2D eigenvalue weighted by Gasteiger charge is -2.33. The van der Waals surface area contributed by atoms with E-state index in [-0.39, 0.29) is 34.9 Å². The van der Waals surface area contributed by atoms with Gasteiger partial charge in [-0.1, -0.05) is 40.0 Å². The Kier molecular flexibility index (Phi) is 6.51. The smallest absolute Gasteiger partial charge is 0.272 e. The summed E-state index contributed by atoms with van der Waals surface area (Å²) in [7, 11) is 0. The van der Waals surface area contributed by atoms with Crippen molar-refractivity contribution >= 4 is 11.8 Å². The molecule has 0 unspecified atom stereocenters. The molecule has 6 heteroatoms. The number of hydrogen-bond donors (Lipinski definition) is 2. The Bertz CT molecular complexity index is 577. The Morgan fingerprint density at radius 2 is 1.80 bits per heavy atom. The van der Waals surface area contributed by atoms with E-state index < -0.39 is 6.04 Å². The van der Waals surface area contributed by atoms with Gasteiger partial charge in [0.2, 0.25) is 5.91 Å². The number of carbonyl (C=O) groups excluding carboxylic acids is 2. The summed E-state index contributed by atoms with van der Waals surface area (Å²) in [6.07, 6.45) is 9.74. The van der Waals surface area contributed by atoms with Gasteiger partial charge in [-0.25, -0.2) is 4.98 Å². The van der Waals surface area contributed by atoms with Gasteiger partial charge < -0.3 is 10.6 Å². The second-order valence-corrected chi connectivity index (χ2v) is 8.04. The third kappa shape index (κ3) is 5.51. The fourth-order valence-electron chi connectivity index (χ4n) is 3.02. The van der Waals surface area contributed by atoms with Crippen LogP contribution in [0, 0.1) is 11.3 Å². The van der Waals surface area contributed by atoms with Gasteiger partial charge in [0.25, 0.3) is 5.91 Å². The quantitative estimate of drug-likeness (QED) is 0.858. The number of rotatable bonds is 5. The van der Waals surface area contributed by atoms with E-state index in [2.05, 4.69) is 41.4 Å². The summed E-state index contributed by atoms with van der Waals surface area (Å²) >= 11 is 0. The summed E-state index contributed by atoms with van der Waals surface area (Å²) in [5.74, 6) is -0.282. The molecule has 6 nitrogen and oxygen atoms in total. The molecule has 2 atom stereocenters. The Labute approximate surface area is 150 Å². The molecule has 1 heterocycles. The Morgan fingerprint density at radius 3 is 2.36 bits per heavy atom. The summed E-state index contributed by atoms with van der Waals surface area (Å²) in [5.41, 5.74) is 0.196. The lowest BCUT2D eigenvalue weighted by atomic mass is 9.82. The standard InChI is InChI=1S/C19H30N4O2/c1-13(19(2,3)4)22-18(25)16(14-8-6-5-7-9-14)23-17(24)15-12-20-10-11-21-15/h10-14,16H,5-9H2,1-4H3,(H,22,25)(H,23,24)/t13-,16+/m1/s1. The molecule has 2 amide bonds. The molecule has 1 aromatic heterocycles. The molecule has 0 radical (unpaired) electrons. The SMILES string of the molecule is C[C@@H](NC(=O)[C@@H](NC(=O)c1cnccn1)C1CCCCC1)C(C)(C)C. The molecule has 0 spiro atoms. The van der Waals surface area contributed by atoms with E-state index in [1.165, 1.54) is 25.0 Å². The Morgan fingerprint density at radius 1 is 1.12 bits per heavy atom. The molecule has 0 saturated heterocycles. The van der Waals surface area contributed by atoms with E-state index in [9.17, 15) is 9.59 Å². The van der Waals surface area contributed by atoms with Crippen LogP contribution in [0.2, 0.25) is 0 Å². The first-order valence-corrected chi connectivity index (χ1v) is 9.16. The molecule has 1 fully saturated rings. The highest BCUT2D eigenvalue weighted by atomic mass is 16.2. The highest BCUT2D eigenvalue weighted by Gasteiger charge is 2.33. The lowest BCUT2D eigenvalue weighted by Crippen LogP contribution is -2.55. The number of nitrogens with one attached hydrogen (secondary N) is 2. The topological polar surface area (TPSA) is 84.0 Å². The van der Waals surface area contributed by atoms with Crippen LogP contribution in [0.5, 0.6) is 0 Å². The van der Waals surface area contributed by atoms with Crippen LogP contribution in [0.4, 0.5) is 0 Å². The van der Waals surface area contributed by atoms with Crippen molar-refractivity contribution in [3.05, 3.63) is 24.3 Å². The monoisotopic (exact) mass is 346 g/mol. The zero-order valence-corrected chi connectivity index (χ0v) is 15.7. The van der Waals surface area contributed by atoms with E-state index in [0.717, 1.165) is 25.7 Å². The number of amides is 2. The average molecular weight is 346 g/mol. The zero-order chi connectivity index (χ0) is 18.4. The number of carbonyl (C=O) groups is 2. The van der Waals surface area contributed by atoms with Crippen LogP contribution < -0.4 is 10.6 Å². The first-order chi connectivity index (χ1) is 11.8. The van der Waals surface area contributed by atoms with E-state index in [4.69, 9.17) is 0 Å². The van der Waals surface area contributed by atoms with Crippen LogP contribution in [0.25, 0.3) is 0 Å². The minimum absolute atomic E-state index is 0.0134. The van der Waals surface area contributed by atoms with Gasteiger partial charge in [-0.3, -0.25) is 14.6 Å². The van der Waals surface area contributed by atoms with Crippen LogP contribution in [-0.4, -0.2) is 33.9 Å². The lowest BCUT2D eigenvalue weighted by molar-refractivity contribution is -0.125. The van der Waals surface area contributed by atoms with Crippen molar-refractivity contribution in [2.45, 2.75) is 71.9 Å². The van der Waals surface area contributed by atoms with Crippen molar-refractivity contribution in [3.63, 3.8) is 0 Å². The van der Waals surface area contributed by atoms with Crippen LogP contribution >= 0.6 is 0 Å². The Balaban J connectivity index is 2.12. The predicted molar refractivity (Wildman–Crippen MR) is 96.9 cm³/mol. The maximum atomic E-state index is 12.9. The molecule has 0 bridgehead atoms. The molecule has 2 rings (SSSR count). The van der Waals surface area contributed by atoms with Gasteiger partial charge in [-0.15, -0.1) is 0 Å². The highest BCUT2D eigenvalue weighted by molar-refractivity contribution is 5.96. The van der Waals surface area contributed by atoms with Crippen molar-refractivity contribution in [1.29, 1.82) is 0 Å². The summed E-state index contributed by atoms with van der Waals surface area (Å²) in [4.78, 5) is 33.4. The third-order valence-corrected chi connectivity index (χ3v) is 5.14. The van der Waals surface area contributed by atoms with Gasteiger partial charge in [-0.05, 0) is 31.1 Å². The van der Waals surface area contributed by atoms with Gasteiger partial charge in [0, 0.05) is 18.4 Å². The number of aromatic nitrogens is 2. The maximum absolute atomic E-state index is 12.9. The van der Waals surface area contributed by atoms with Gasteiger partial charge in [0.1, 0.15) is 11.7 Å². The third-order valence-electron chi connectivity index (χ3n) is 5.14. The second-order valence-electron chi connectivity index (χ2n) is 8.04. The Hall–Kier alpha value is -1.98. The molecular weight excluding hydrogens is 316 g/mol. The molecule has 0 aliphatic heterocycles. The van der Waals surface area contributed by atoms with Crippen LogP contribution in [0.3, 0.4) is 0 Å². The van der Waals surface area contributed by atoms with E-state index in [1.54, 1.807) is 0 Å². The second kappa shape index (κ2) is 8.41. The first kappa shape index (κ1) is 19.3. The minimum atomic E-state index is -0.528. The van der Waals surface area contributed by atoms with Gasteiger partial charge >= 0.3 is 0 Å². The van der Waals surface area contributed by atoms with Crippen LogP contribution in [0.1, 0.15) is 70.3 Å². The molecule has 25 heavy (non-hydrogen) atoms. The van der Waals surface area contributed by atoms with E-state index >= 15 is 0 Å². The first-order valence-electron chi connectivity index (χ1n) is 9.16. The van der Waals surface area contributed by atoms with Crippen molar-refractivity contribution in [2.24, 2.45) is 11.3 Å². The van der Waals surface area contributed by atoms with E-state index in [1.807, 2.05) is 6.92 Å². The number of hydrogen-bond acceptors (Lipinski definition) is 4. The summed E-state index contributed by atoms with van der Waals surface area (Å²) in [6.45, 7) is 8.27. The average Bonchev–Trinajstić information content (AvgIpc) is 2.60. The highest BCUT2D eigenvalue weighted by Crippen LogP contribution is 2.27. The molecule has 138 valence electrons. The van der Waals surface area contributed by atoms with Crippen LogP contribution in [-0.2, 0) is 4.79 Å². The van der Waals surface area contributed by atoms with Crippen molar-refractivity contribution in [3.8, 4) is 0 Å². The van der Waals surface area contributed by atoms with Crippen molar-refractivity contribution in [1.82, 2.24) is 20.6 Å². The molecule has 1 aromatic rings. The molecule has 1 aliphatic carbocycles.